The molecule has 3 rings (SSSR count). The molecule has 0 radical (unpaired) electrons. The number of anilines is 1. The van der Waals surface area contributed by atoms with Gasteiger partial charge in [0, 0.05) is 28.3 Å². The Morgan fingerprint density at radius 1 is 1.14 bits per heavy atom. The first-order chi connectivity index (χ1) is 13.3. The molecule has 6 nitrogen and oxygen atoms in total. The third-order valence-corrected chi connectivity index (χ3v) is 5.18. The minimum atomic E-state index is -0.401. The van der Waals surface area contributed by atoms with Gasteiger partial charge >= 0.3 is 0 Å². The first-order valence-corrected chi connectivity index (χ1v) is 9.60. The fourth-order valence-corrected chi connectivity index (χ4v) is 3.45. The number of benzene rings is 2. The molecule has 1 N–H and O–H groups in total. The molecule has 0 unspecified atom stereocenters. The number of amides is 3. The van der Waals surface area contributed by atoms with Crippen molar-refractivity contribution in [3.8, 4) is 5.75 Å². The van der Waals surface area contributed by atoms with Crippen LogP contribution in [0.1, 0.15) is 5.56 Å². The zero-order valence-corrected chi connectivity index (χ0v) is 16.9. The zero-order chi connectivity index (χ0) is 20.3. The molecule has 1 aliphatic heterocycles. The molecule has 28 heavy (non-hydrogen) atoms. The molecule has 1 heterocycles. The van der Waals surface area contributed by atoms with Crippen molar-refractivity contribution in [2.75, 3.05) is 19.0 Å². The quantitative estimate of drug-likeness (QED) is 0.688. The SMILES string of the molecule is CN1C(=O)S/C(=C/c2cc(Cl)ccc2OCC(=O)Nc2ccc(Cl)cc2)C1=O. The Bertz CT molecular complexity index is 976. The van der Waals surface area contributed by atoms with Gasteiger partial charge in [0.1, 0.15) is 5.75 Å². The maximum absolute atomic E-state index is 12.1. The number of halogens is 2. The summed E-state index contributed by atoms with van der Waals surface area (Å²) in [4.78, 5) is 37.1. The van der Waals surface area contributed by atoms with Crippen LogP contribution in [0.5, 0.6) is 5.75 Å². The van der Waals surface area contributed by atoms with E-state index in [1.54, 1.807) is 42.5 Å². The number of carbonyl (C=O) groups is 3. The van der Waals surface area contributed by atoms with Crippen molar-refractivity contribution in [2.24, 2.45) is 0 Å². The number of nitrogens with zero attached hydrogens (tertiary/aromatic N) is 1. The third-order valence-electron chi connectivity index (χ3n) is 3.73. The summed E-state index contributed by atoms with van der Waals surface area (Å²) in [5.41, 5.74) is 1.08. The Hall–Kier alpha value is -2.48. The second-order valence-electron chi connectivity index (χ2n) is 5.77. The van der Waals surface area contributed by atoms with E-state index in [1.807, 2.05) is 0 Å². The molecule has 3 amide bonds. The van der Waals surface area contributed by atoms with Crippen LogP contribution in [0.25, 0.3) is 6.08 Å². The average Bonchev–Trinajstić information content (AvgIpc) is 2.90. The number of thioether (sulfide) groups is 1. The fraction of sp³-hybridized carbons (Fsp3) is 0.105. The van der Waals surface area contributed by atoms with Gasteiger partial charge in [-0.1, -0.05) is 23.2 Å². The van der Waals surface area contributed by atoms with Gasteiger partial charge in [-0.05, 0) is 60.3 Å². The molecule has 1 saturated heterocycles. The number of carbonyl (C=O) groups excluding carboxylic acids is 3. The largest absolute Gasteiger partial charge is 0.483 e. The number of likely N-dealkylation sites (N-methyl/N-ethyl adjacent to an activating group) is 1. The normalized spacial score (nSPS) is 15.2. The highest BCUT2D eigenvalue weighted by Gasteiger charge is 2.32. The summed E-state index contributed by atoms with van der Waals surface area (Å²) in [6, 6.07) is 11.5. The Kier molecular flexibility index (Phi) is 6.28. The molecule has 2 aromatic rings. The van der Waals surface area contributed by atoms with Crippen molar-refractivity contribution >= 4 is 63.8 Å². The molecule has 1 fully saturated rings. The number of imide groups is 1. The minimum Gasteiger partial charge on any atom is -0.483 e. The van der Waals surface area contributed by atoms with E-state index in [2.05, 4.69) is 5.32 Å². The lowest BCUT2D eigenvalue weighted by molar-refractivity contribution is -0.121. The molecule has 0 saturated carbocycles. The van der Waals surface area contributed by atoms with E-state index >= 15 is 0 Å². The molecule has 0 atom stereocenters. The lowest BCUT2D eigenvalue weighted by Crippen LogP contribution is -2.22. The zero-order valence-electron chi connectivity index (χ0n) is 14.6. The van der Waals surface area contributed by atoms with Gasteiger partial charge in [0.05, 0.1) is 4.91 Å². The highest BCUT2D eigenvalue weighted by molar-refractivity contribution is 8.18. The average molecular weight is 437 g/mol. The van der Waals surface area contributed by atoms with E-state index in [1.165, 1.54) is 13.1 Å². The van der Waals surface area contributed by atoms with Gasteiger partial charge in [0.25, 0.3) is 17.1 Å². The van der Waals surface area contributed by atoms with Crippen LogP contribution in [0.3, 0.4) is 0 Å². The summed E-state index contributed by atoms with van der Waals surface area (Å²) < 4.78 is 5.59. The highest BCUT2D eigenvalue weighted by atomic mass is 35.5. The van der Waals surface area contributed by atoms with Crippen LogP contribution < -0.4 is 10.1 Å². The standard InChI is InChI=1S/C19H14Cl2N2O4S/c1-23-18(25)16(28-19(23)26)9-11-8-13(21)4-7-15(11)27-10-17(24)22-14-5-2-12(20)3-6-14/h2-9H,10H2,1H3,(H,22,24)/b16-9+. The number of nitrogens with one attached hydrogen (secondary N) is 1. The van der Waals surface area contributed by atoms with Gasteiger partial charge in [0.2, 0.25) is 0 Å². The first kappa shape index (κ1) is 20.3. The molecular formula is C19H14Cl2N2O4S. The summed E-state index contributed by atoms with van der Waals surface area (Å²) in [6.07, 6.45) is 1.52. The summed E-state index contributed by atoms with van der Waals surface area (Å²) in [6.45, 7) is -0.250. The first-order valence-electron chi connectivity index (χ1n) is 8.03. The van der Waals surface area contributed by atoms with Gasteiger partial charge < -0.3 is 10.1 Å². The Balaban J connectivity index is 1.72. The maximum Gasteiger partial charge on any atom is 0.293 e. The van der Waals surface area contributed by atoms with Crippen LogP contribution >= 0.6 is 35.0 Å². The van der Waals surface area contributed by atoms with E-state index in [9.17, 15) is 14.4 Å². The number of hydrogen-bond acceptors (Lipinski definition) is 5. The highest BCUT2D eigenvalue weighted by Crippen LogP contribution is 2.34. The predicted octanol–water partition coefficient (Wildman–Crippen LogP) is 4.68. The Morgan fingerprint density at radius 3 is 2.46 bits per heavy atom. The lowest BCUT2D eigenvalue weighted by atomic mass is 10.2. The van der Waals surface area contributed by atoms with Gasteiger partial charge in [-0.15, -0.1) is 0 Å². The molecular weight excluding hydrogens is 423 g/mol. The predicted molar refractivity (Wildman–Crippen MR) is 111 cm³/mol. The van der Waals surface area contributed by atoms with Gasteiger partial charge in [-0.2, -0.15) is 0 Å². The fourth-order valence-electron chi connectivity index (χ4n) is 2.32. The van der Waals surface area contributed by atoms with Crippen molar-refractivity contribution in [1.29, 1.82) is 0 Å². The van der Waals surface area contributed by atoms with Crippen LogP contribution in [-0.4, -0.2) is 35.6 Å². The minimum absolute atomic E-state index is 0.250. The molecule has 0 aromatic heterocycles. The van der Waals surface area contributed by atoms with Crippen molar-refractivity contribution in [3.05, 3.63) is 63.0 Å². The summed E-state index contributed by atoms with van der Waals surface area (Å²) in [5, 5.41) is 3.33. The van der Waals surface area contributed by atoms with Gasteiger partial charge in [-0.3, -0.25) is 19.3 Å². The van der Waals surface area contributed by atoms with Gasteiger partial charge in [-0.25, -0.2) is 0 Å². The van der Waals surface area contributed by atoms with Crippen LogP contribution in [0.4, 0.5) is 10.5 Å². The molecule has 9 heteroatoms. The number of ether oxygens (including phenoxy) is 1. The van der Waals surface area contributed by atoms with Gasteiger partial charge in [0.15, 0.2) is 6.61 Å². The smallest absolute Gasteiger partial charge is 0.293 e. The Labute approximate surface area is 175 Å². The summed E-state index contributed by atoms with van der Waals surface area (Å²) >= 11 is 12.7. The van der Waals surface area contributed by atoms with Crippen LogP contribution in [-0.2, 0) is 9.59 Å². The van der Waals surface area contributed by atoms with Crippen molar-refractivity contribution in [1.82, 2.24) is 4.90 Å². The van der Waals surface area contributed by atoms with Crippen LogP contribution in [0.2, 0.25) is 10.0 Å². The molecule has 1 aliphatic rings. The monoisotopic (exact) mass is 436 g/mol. The van der Waals surface area contributed by atoms with E-state index in [4.69, 9.17) is 27.9 Å². The Morgan fingerprint density at radius 2 is 1.82 bits per heavy atom. The van der Waals surface area contributed by atoms with Crippen LogP contribution in [0.15, 0.2) is 47.4 Å². The van der Waals surface area contributed by atoms with E-state index < -0.39 is 5.91 Å². The molecule has 0 spiro atoms. The van der Waals surface area contributed by atoms with Crippen molar-refractivity contribution in [3.63, 3.8) is 0 Å². The number of rotatable bonds is 5. The number of hydrogen-bond donors (Lipinski definition) is 1. The molecule has 0 bridgehead atoms. The summed E-state index contributed by atoms with van der Waals surface area (Å²) in [5.74, 6) is -0.405. The van der Waals surface area contributed by atoms with E-state index in [-0.39, 0.29) is 22.7 Å². The van der Waals surface area contributed by atoms with Crippen molar-refractivity contribution < 1.29 is 19.1 Å². The molecule has 2 aromatic carbocycles. The molecule has 0 aliphatic carbocycles. The summed E-state index contributed by atoms with van der Waals surface area (Å²) in [7, 11) is 1.41. The van der Waals surface area contributed by atoms with Crippen LogP contribution in [0, 0.1) is 0 Å². The van der Waals surface area contributed by atoms with E-state index in [0.717, 1.165) is 16.7 Å². The van der Waals surface area contributed by atoms with E-state index in [0.29, 0.717) is 27.0 Å². The lowest BCUT2D eigenvalue weighted by Gasteiger charge is -2.11. The topological polar surface area (TPSA) is 75.7 Å². The molecule has 144 valence electrons. The second kappa shape index (κ2) is 8.68. The second-order valence-corrected chi connectivity index (χ2v) is 7.63. The van der Waals surface area contributed by atoms with Crippen molar-refractivity contribution in [2.45, 2.75) is 0 Å². The maximum atomic E-state index is 12.1. The third kappa shape index (κ3) is 4.86.